The molecule has 1 aromatic carbocycles. The molecule has 0 spiro atoms. The summed E-state index contributed by atoms with van der Waals surface area (Å²) in [5.41, 5.74) is 0.170. The Bertz CT molecular complexity index is 463. The summed E-state index contributed by atoms with van der Waals surface area (Å²) >= 11 is 5.87. The first-order valence-corrected chi connectivity index (χ1v) is 5.84. The molecule has 2 N–H and O–H groups in total. The third-order valence-corrected chi connectivity index (χ3v) is 2.61. The molecule has 0 radical (unpaired) electrons. The van der Waals surface area contributed by atoms with Gasteiger partial charge in [0, 0.05) is 13.6 Å². The number of benzene rings is 1. The molecule has 0 heterocycles. The SMILES string of the molecule is CCNC(=O)CN(C)C(=O)c1cc(O)ccc1Cl. The number of nitrogens with one attached hydrogen (secondary N) is 1. The molecule has 0 unspecified atom stereocenters. The van der Waals surface area contributed by atoms with E-state index in [1.54, 1.807) is 6.92 Å². The van der Waals surface area contributed by atoms with E-state index < -0.39 is 5.91 Å². The van der Waals surface area contributed by atoms with Crippen molar-refractivity contribution in [3.8, 4) is 5.75 Å². The lowest BCUT2D eigenvalue weighted by Gasteiger charge is -2.17. The molecule has 0 saturated carbocycles. The maximum atomic E-state index is 12.0. The number of aromatic hydroxyl groups is 1. The number of likely N-dealkylation sites (N-methyl/N-ethyl adjacent to an activating group) is 2. The van der Waals surface area contributed by atoms with Crippen LogP contribution in [-0.4, -0.2) is 42.0 Å². The van der Waals surface area contributed by atoms with Gasteiger partial charge in [-0.2, -0.15) is 0 Å². The lowest BCUT2D eigenvalue weighted by Crippen LogP contribution is -2.38. The highest BCUT2D eigenvalue weighted by Gasteiger charge is 2.17. The molecule has 5 nitrogen and oxygen atoms in total. The van der Waals surface area contributed by atoms with E-state index in [0.717, 1.165) is 0 Å². The third kappa shape index (κ3) is 3.63. The van der Waals surface area contributed by atoms with Crippen LogP contribution in [0.2, 0.25) is 5.02 Å². The van der Waals surface area contributed by atoms with Gasteiger partial charge in [-0.1, -0.05) is 11.6 Å². The second-order valence-corrected chi connectivity index (χ2v) is 4.19. The first-order valence-electron chi connectivity index (χ1n) is 5.46. The zero-order chi connectivity index (χ0) is 13.7. The summed E-state index contributed by atoms with van der Waals surface area (Å²) in [7, 11) is 1.50. The molecule has 0 aromatic heterocycles. The molecular formula is C12H15ClN2O3. The van der Waals surface area contributed by atoms with E-state index in [-0.39, 0.29) is 28.8 Å². The Hall–Kier alpha value is -1.75. The summed E-state index contributed by atoms with van der Waals surface area (Å²) < 4.78 is 0. The summed E-state index contributed by atoms with van der Waals surface area (Å²) in [6.07, 6.45) is 0. The molecule has 1 rings (SSSR count). The Morgan fingerprint density at radius 2 is 2.11 bits per heavy atom. The van der Waals surface area contributed by atoms with Gasteiger partial charge in [0.2, 0.25) is 5.91 Å². The Kier molecular flexibility index (Phi) is 4.97. The average Bonchev–Trinajstić information content (AvgIpc) is 2.31. The normalized spacial score (nSPS) is 9.94. The van der Waals surface area contributed by atoms with Gasteiger partial charge in [0.1, 0.15) is 5.75 Å². The van der Waals surface area contributed by atoms with E-state index in [1.807, 2.05) is 0 Å². The topological polar surface area (TPSA) is 69.6 Å². The number of carbonyl (C=O) groups is 2. The molecule has 98 valence electrons. The van der Waals surface area contributed by atoms with Crippen LogP contribution < -0.4 is 5.32 Å². The fourth-order valence-electron chi connectivity index (χ4n) is 1.42. The van der Waals surface area contributed by atoms with Crippen molar-refractivity contribution in [3.63, 3.8) is 0 Å². The third-order valence-electron chi connectivity index (χ3n) is 2.28. The predicted molar refractivity (Wildman–Crippen MR) is 68.8 cm³/mol. The van der Waals surface area contributed by atoms with Crippen LogP contribution in [0, 0.1) is 0 Å². The lowest BCUT2D eigenvalue weighted by atomic mass is 10.2. The van der Waals surface area contributed by atoms with Gasteiger partial charge in [0.25, 0.3) is 5.91 Å². The molecule has 2 amide bonds. The monoisotopic (exact) mass is 270 g/mol. The zero-order valence-corrected chi connectivity index (χ0v) is 11.0. The van der Waals surface area contributed by atoms with Crippen molar-refractivity contribution in [1.29, 1.82) is 0 Å². The van der Waals surface area contributed by atoms with Gasteiger partial charge in [0.05, 0.1) is 17.1 Å². The lowest BCUT2D eigenvalue weighted by molar-refractivity contribution is -0.121. The first kappa shape index (κ1) is 14.3. The molecule has 0 bridgehead atoms. The number of hydrogen-bond donors (Lipinski definition) is 2. The van der Waals surface area contributed by atoms with Gasteiger partial charge < -0.3 is 15.3 Å². The van der Waals surface area contributed by atoms with Gasteiger partial charge >= 0.3 is 0 Å². The molecule has 0 aliphatic carbocycles. The second kappa shape index (κ2) is 6.26. The molecule has 1 aromatic rings. The Labute approximate surface area is 110 Å². The van der Waals surface area contributed by atoms with Crippen LogP contribution >= 0.6 is 11.6 Å². The van der Waals surface area contributed by atoms with Crippen LogP contribution in [0.5, 0.6) is 5.75 Å². The largest absolute Gasteiger partial charge is 0.508 e. The first-order chi connectivity index (χ1) is 8.45. The highest BCUT2D eigenvalue weighted by Crippen LogP contribution is 2.22. The number of phenolic OH excluding ortho intramolecular Hbond substituents is 1. The number of phenols is 1. The number of hydrogen-bond acceptors (Lipinski definition) is 3. The summed E-state index contributed by atoms with van der Waals surface area (Å²) in [6, 6.07) is 4.10. The summed E-state index contributed by atoms with van der Waals surface area (Å²) in [4.78, 5) is 24.6. The van der Waals surface area contributed by atoms with Crippen molar-refractivity contribution >= 4 is 23.4 Å². The van der Waals surface area contributed by atoms with E-state index in [9.17, 15) is 14.7 Å². The summed E-state index contributed by atoms with van der Waals surface area (Å²) in [6.45, 7) is 2.25. The molecule has 0 fully saturated rings. The van der Waals surface area contributed by atoms with Gasteiger partial charge in [-0.05, 0) is 25.1 Å². The predicted octanol–water partition coefficient (Wildman–Crippen LogP) is 1.25. The van der Waals surface area contributed by atoms with E-state index in [2.05, 4.69) is 5.32 Å². The quantitative estimate of drug-likeness (QED) is 0.865. The van der Waals surface area contributed by atoms with Crippen LogP contribution in [0.15, 0.2) is 18.2 Å². The van der Waals surface area contributed by atoms with Crippen molar-refractivity contribution in [2.75, 3.05) is 20.1 Å². The van der Waals surface area contributed by atoms with Crippen LogP contribution in [0.1, 0.15) is 17.3 Å². The maximum Gasteiger partial charge on any atom is 0.255 e. The van der Waals surface area contributed by atoms with Crippen LogP contribution in [0.25, 0.3) is 0 Å². The minimum absolute atomic E-state index is 0.0471. The number of carbonyl (C=O) groups excluding carboxylic acids is 2. The van der Waals surface area contributed by atoms with E-state index >= 15 is 0 Å². The molecule has 0 aliphatic heterocycles. The highest BCUT2D eigenvalue weighted by molar-refractivity contribution is 6.33. The Morgan fingerprint density at radius 3 is 2.72 bits per heavy atom. The van der Waals surface area contributed by atoms with E-state index in [4.69, 9.17) is 11.6 Å². The minimum atomic E-state index is -0.415. The molecule has 18 heavy (non-hydrogen) atoms. The number of nitrogens with zero attached hydrogens (tertiary/aromatic N) is 1. The van der Waals surface area contributed by atoms with Crippen molar-refractivity contribution in [3.05, 3.63) is 28.8 Å². The highest BCUT2D eigenvalue weighted by atomic mass is 35.5. The molecule has 0 saturated heterocycles. The molecule has 6 heteroatoms. The fraction of sp³-hybridized carbons (Fsp3) is 0.333. The maximum absolute atomic E-state index is 12.0. The van der Waals surface area contributed by atoms with Gasteiger partial charge in [-0.15, -0.1) is 0 Å². The van der Waals surface area contributed by atoms with Gasteiger partial charge in [0.15, 0.2) is 0 Å². The standard InChI is InChI=1S/C12H15ClN2O3/c1-3-14-11(17)7-15(2)12(18)9-6-8(16)4-5-10(9)13/h4-6,16H,3,7H2,1-2H3,(H,14,17). The van der Waals surface area contributed by atoms with Crippen molar-refractivity contribution in [1.82, 2.24) is 10.2 Å². The second-order valence-electron chi connectivity index (χ2n) is 3.78. The van der Waals surface area contributed by atoms with Crippen molar-refractivity contribution in [2.45, 2.75) is 6.92 Å². The number of halogens is 1. The van der Waals surface area contributed by atoms with Gasteiger partial charge in [-0.25, -0.2) is 0 Å². The Morgan fingerprint density at radius 1 is 1.44 bits per heavy atom. The van der Waals surface area contributed by atoms with E-state index in [0.29, 0.717) is 6.54 Å². The van der Waals surface area contributed by atoms with Crippen LogP contribution in [0.3, 0.4) is 0 Å². The number of rotatable bonds is 4. The van der Waals surface area contributed by atoms with E-state index in [1.165, 1.54) is 30.1 Å². The van der Waals surface area contributed by atoms with Gasteiger partial charge in [-0.3, -0.25) is 9.59 Å². The summed E-state index contributed by atoms with van der Waals surface area (Å²) in [5, 5.41) is 12.2. The fourth-order valence-corrected chi connectivity index (χ4v) is 1.62. The van der Waals surface area contributed by atoms with Crippen LogP contribution in [-0.2, 0) is 4.79 Å². The average molecular weight is 271 g/mol. The number of amides is 2. The molecular weight excluding hydrogens is 256 g/mol. The van der Waals surface area contributed by atoms with Crippen molar-refractivity contribution in [2.24, 2.45) is 0 Å². The molecule has 0 aliphatic rings. The smallest absolute Gasteiger partial charge is 0.255 e. The van der Waals surface area contributed by atoms with Crippen molar-refractivity contribution < 1.29 is 14.7 Å². The summed E-state index contributed by atoms with van der Waals surface area (Å²) in [5.74, 6) is -0.707. The zero-order valence-electron chi connectivity index (χ0n) is 10.2. The minimum Gasteiger partial charge on any atom is -0.508 e. The molecule has 0 atom stereocenters. The van der Waals surface area contributed by atoms with Crippen LogP contribution in [0.4, 0.5) is 0 Å². The Balaban J connectivity index is 2.80.